The molecule has 1 aliphatic heterocycles. The molecule has 0 aliphatic carbocycles. The molecule has 1 saturated heterocycles. The third-order valence-corrected chi connectivity index (χ3v) is 3.53. The van der Waals surface area contributed by atoms with Gasteiger partial charge in [-0.3, -0.25) is 15.0 Å². The Kier molecular flexibility index (Phi) is 9.20. The molecule has 1 fully saturated rings. The van der Waals surface area contributed by atoms with E-state index in [1.807, 2.05) is 0 Å². The summed E-state index contributed by atoms with van der Waals surface area (Å²) in [5.41, 5.74) is 0.397. The Morgan fingerprint density at radius 3 is 2.59 bits per heavy atom. The predicted molar refractivity (Wildman–Crippen MR) is 89.5 cm³/mol. The first-order valence-electron chi connectivity index (χ1n) is 6.63. The molecule has 1 aromatic carbocycles. The van der Waals surface area contributed by atoms with Crippen LogP contribution < -0.4 is 5.32 Å². The fourth-order valence-electron chi connectivity index (χ4n) is 2.58. The molecule has 0 saturated carbocycles. The molecule has 1 N–H and O–H groups in total. The lowest BCUT2D eigenvalue weighted by Gasteiger charge is -2.34. The summed E-state index contributed by atoms with van der Waals surface area (Å²) >= 11 is 0. The molecule has 1 heterocycles. The number of halogens is 3. The molecule has 0 amide bonds. The topological polar surface area (TPSA) is 58.4 Å². The lowest BCUT2D eigenvalue weighted by atomic mass is 9.99. The van der Waals surface area contributed by atoms with Gasteiger partial charge in [-0.2, -0.15) is 0 Å². The van der Waals surface area contributed by atoms with Gasteiger partial charge in [0.1, 0.15) is 5.82 Å². The first kappa shape index (κ1) is 20.8. The normalized spacial score (nSPS) is 16.0. The Balaban J connectivity index is 0.00000220. The van der Waals surface area contributed by atoms with Gasteiger partial charge in [0.05, 0.1) is 10.5 Å². The van der Waals surface area contributed by atoms with Crippen LogP contribution in [-0.2, 0) is 0 Å². The molecule has 1 atom stereocenters. The Labute approximate surface area is 141 Å². The number of nitrogens with zero attached hydrogens (tertiary/aromatic N) is 2. The van der Waals surface area contributed by atoms with Crippen LogP contribution in [0.4, 0.5) is 10.1 Å². The maximum absolute atomic E-state index is 13.5. The average Bonchev–Trinajstić information content (AvgIpc) is 2.45. The lowest BCUT2D eigenvalue weighted by Crippen LogP contribution is -2.45. The summed E-state index contributed by atoms with van der Waals surface area (Å²) in [6.45, 7) is 6.94. The van der Waals surface area contributed by atoms with E-state index < -0.39 is 10.7 Å². The van der Waals surface area contributed by atoms with Crippen LogP contribution in [0.15, 0.2) is 30.9 Å². The minimum Gasteiger partial charge on any atom is -0.314 e. The zero-order valence-corrected chi connectivity index (χ0v) is 13.7. The number of nitrogens with one attached hydrogen (secondary N) is 1. The van der Waals surface area contributed by atoms with Gasteiger partial charge in [-0.05, 0) is 18.6 Å². The van der Waals surface area contributed by atoms with E-state index in [1.165, 1.54) is 12.1 Å². The van der Waals surface area contributed by atoms with Crippen molar-refractivity contribution >= 4 is 30.5 Å². The first-order chi connectivity index (χ1) is 9.63. The fraction of sp³-hybridized carbons (Fsp3) is 0.429. The maximum atomic E-state index is 13.5. The smallest absolute Gasteiger partial charge is 0.274 e. The highest BCUT2D eigenvalue weighted by Crippen LogP contribution is 2.32. The molecule has 22 heavy (non-hydrogen) atoms. The summed E-state index contributed by atoms with van der Waals surface area (Å²) in [5.74, 6) is -0.449. The predicted octanol–water partition coefficient (Wildman–Crippen LogP) is 3.10. The largest absolute Gasteiger partial charge is 0.314 e. The molecular formula is C14H20Cl2FN3O2. The Morgan fingerprint density at radius 1 is 1.41 bits per heavy atom. The summed E-state index contributed by atoms with van der Waals surface area (Å²) in [6, 6.07) is 3.44. The summed E-state index contributed by atoms with van der Waals surface area (Å²) in [4.78, 5) is 12.8. The van der Waals surface area contributed by atoms with Crippen LogP contribution in [0.25, 0.3) is 0 Å². The zero-order valence-electron chi connectivity index (χ0n) is 12.0. The summed E-state index contributed by atoms with van der Waals surface area (Å²) in [7, 11) is 0. The average molecular weight is 352 g/mol. The van der Waals surface area contributed by atoms with Crippen LogP contribution in [0.1, 0.15) is 18.0 Å². The third kappa shape index (κ3) is 4.91. The zero-order chi connectivity index (χ0) is 14.5. The lowest BCUT2D eigenvalue weighted by molar-refractivity contribution is -0.386. The van der Waals surface area contributed by atoms with Gasteiger partial charge in [0, 0.05) is 38.3 Å². The molecule has 0 aromatic heterocycles. The van der Waals surface area contributed by atoms with Crippen LogP contribution in [0.5, 0.6) is 0 Å². The SMILES string of the molecule is C=CC[C@@H](c1cc(F)ccc1[N+](=O)[O-])N1CCNCC1.Cl.Cl. The highest BCUT2D eigenvalue weighted by atomic mass is 35.5. The van der Waals surface area contributed by atoms with Gasteiger partial charge in [0.15, 0.2) is 0 Å². The van der Waals surface area contributed by atoms with Crippen LogP contribution in [0.3, 0.4) is 0 Å². The van der Waals surface area contributed by atoms with E-state index in [9.17, 15) is 14.5 Å². The quantitative estimate of drug-likeness (QED) is 0.503. The van der Waals surface area contributed by atoms with Gasteiger partial charge in [0.25, 0.3) is 5.69 Å². The molecular weight excluding hydrogens is 332 g/mol. The van der Waals surface area contributed by atoms with Gasteiger partial charge >= 0.3 is 0 Å². The van der Waals surface area contributed by atoms with Crippen molar-refractivity contribution in [2.45, 2.75) is 12.5 Å². The summed E-state index contributed by atoms with van der Waals surface area (Å²) in [6.07, 6.45) is 2.28. The first-order valence-corrected chi connectivity index (χ1v) is 6.63. The molecule has 1 aromatic rings. The van der Waals surface area contributed by atoms with Gasteiger partial charge in [-0.25, -0.2) is 4.39 Å². The number of nitro groups is 1. The highest BCUT2D eigenvalue weighted by molar-refractivity contribution is 5.85. The minimum absolute atomic E-state index is 0. The van der Waals surface area contributed by atoms with Crippen molar-refractivity contribution in [3.05, 3.63) is 52.3 Å². The number of hydrogen-bond donors (Lipinski definition) is 1. The van der Waals surface area contributed by atoms with E-state index in [0.717, 1.165) is 32.2 Å². The fourth-order valence-corrected chi connectivity index (χ4v) is 2.58. The maximum Gasteiger partial charge on any atom is 0.274 e. The number of piperazine rings is 1. The molecule has 0 radical (unpaired) electrons. The van der Waals surface area contributed by atoms with Crippen molar-refractivity contribution in [1.82, 2.24) is 10.2 Å². The second-order valence-corrected chi connectivity index (χ2v) is 4.79. The van der Waals surface area contributed by atoms with Crippen molar-refractivity contribution in [3.63, 3.8) is 0 Å². The molecule has 1 aliphatic rings. The number of nitro benzene ring substituents is 1. The molecule has 0 bridgehead atoms. The number of rotatable bonds is 5. The highest BCUT2D eigenvalue weighted by Gasteiger charge is 2.27. The van der Waals surface area contributed by atoms with E-state index >= 15 is 0 Å². The Hall–Kier alpha value is -1.21. The summed E-state index contributed by atoms with van der Waals surface area (Å²) < 4.78 is 13.5. The molecule has 8 heteroatoms. The van der Waals surface area contributed by atoms with E-state index in [1.54, 1.807) is 6.08 Å². The third-order valence-electron chi connectivity index (χ3n) is 3.53. The molecule has 2 rings (SSSR count). The molecule has 124 valence electrons. The Bertz CT molecular complexity index is 511. The van der Waals surface area contributed by atoms with Crippen LogP contribution in [0, 0.1) is 15.9 Å². The second-order valence-electron chi connectivity index (χ2n) is 4.79. The van der Waals surface area contributed by atoms with Crippen LogP contribution in [-0.4, -0.2) is 36.0 Å². The van der Waals surface area contributed by atoms with E-state index in [2.05, 4.69) is 16.8 Å². The van der Waals surface area contributed by atoms with Gasteiger partial charge in [-0.15, -0.1) is 31.4 Å². The summed E-state index contributed by atoms with van der Waals surface area (Å²) in [5, 5.41) is 14.4. The van der Waals surface area contributed by atoms with Gasteiger partial charge in [-0.1, -0.05) is 6.08 Å². The van der Waals surface area contributed by atoms with E-state index in [-0.39, 0.29) is 36.5 Å². The number of hydrogen-bond acceptors (Lipinski definition) is 4. The van der Waals surface area contributed by atoms with Crippen molar-refractivity contribution in [2.24, 2.45) is 0 Å². The molecule has 5 nitrogen and oxygen atoms in total. The molecule has 0 spiro atoms. The van der Waals surface area contributed by atoms with Crippen molar-refractivity contribution in [3.8, 4) is 0 Å². The van der Waals surface area contributed by atoms with Gasteiger partial charge in [0.2, 0.25) is 0 Å². The van der Waals surface area contributed by atoms with E-state index in [0.29, 0.717) is 12.0 Å². The van der Waals surface area contributed by atoms with Crippen molar-refractivity contribution in [1.29, 1.82) is 0 Å². The standard InChI is InChI=1S/C14H18FN3O2.2ClH/c1-2-3-13(17-8-6-16-7-9-17)12-10-11(15)4-5-14(12)18(19)20;;/h2,4-5,10,13,16H,1,3,6-9H2;2*1H/t13-;;/m0../s1. The van der Waals surface area contributed by atoms with Gasteiger partial charge < -0.3 is 5.32 Å². The second kappa shape index (κ2) is 9.74. The van der Waals surface area contributed by atoms with Crippen LogP contribution in [0.2, 0.25) is 0 Å². The monoisotopic (exact) mass is 351 g/mol. The minimum atomic E-state index is -0.451. The van der Waals surface area contributed by atoms with E-state index in [4.69, 9.17) is 0 Å². The van der Waals surface area contributed by atoms with Crippen LogP contribution >= 0.6 is 24.8 Å². The Morgan fingerprint density at radius 2 is 2.05 bits per heavy atom. The molecule has 0 unspecified atom stereocenters. The number of benzene rings is 1. The van der Waals surface area contributed by atoms with Crippen molar-refractivity contribution in [2.75, 3.05) is 26.2 Å². The van der Waals surface area contributed by atoms with Crippen molar-refractivity contribution < 1.29 is 9.31 Å².